The number of hydrogen-bond donors (Lipinski definition) is 1. The Morgan fingerprint density at radius 3 is 2.78 bits per heavy atom. The van der Waals surface area contributed by atoms with Crippen molar-refractivity contribution in [1.82, 2.24) is 0 Å². The molecular formula is C14H20N2O2. The van der Waals surface area contributed by atoms with E-state index in [4.69, 9.17) is 10.5 Å². The molecule has 1 saturated carbocycles. The third-order valence-electron chi connectivity index (χ3n) is 3.35. The normalized spacial score (nSPS) is 14.3. The minimum absolute atomic E-state index is 0.321. The summed E-state index contributed by atoms with van der Waals surface area (Å²) in [5, 5.41) is 0. The van der Waals surface area contributed by atoms with E-state index in [9.17, 15) is 4.79 Å². The molecule has 4 nitrogen and oxygen atoms in total. The number of hydrogen-bond acceptors (Lipinski definition) is 4. The van der Waals surface area contributed by atoms with Crippen LogP contribution in [0, 0.1) is 5.92 Å². The van der Waals surface area contributed by atoms with E-state index in [2.05, 4.69) is 11.8 Å². The van der Waals surface area contributed by atoms with Crippen LogP contribution in [0.15, 0.2) is 18.2 Å². The molecule has 0 aromatic heterocycles. The van der Waals surface area contributed by atoms with Gasteiger partial charge in [0.05, 0.1) is 24.0 Å². The number of methoxy groups -OCH3 is 1. The van der Waals surface area contributed by atoms with Gasteiger partial charge in [-0.1, -0.05) is 0 Å². The first-order chi connectivity index (χ1) is 8.65. The van der Waals surface area contributed by atoms with Crippen molar-refractivity contribution in [3.8, 4) is 0 Å². The summed E-state index contributed by atoms with van der Waals surface area (Å²) < 4.78 is 4.74. The van der Waals surface area contributed by atoms with Gasteiger partial charge in [0.25, 0.3) is 0 Å². The third kappa shape index (κ3) is 2.75. The standard InChI is InChI=1S/C14H20N2O2/c1-3-16(9-10-4-5-10)13-8-11(14(17)18-2)6-7-12(13)15/h6-8,10H,3-5,9,15H2,1-2H3. The molecule has 98 valence electrons. The topological polar surface area (TPSA) is 55.6 Å². The zero-order valence-corrected chi connectivity index (χ0v) is 11.0. The van der Waals surface area contributed by atoms with Crippen LogP contribution in [0.2, 0.25) is 0 Å². The summed E-state index contributed by atoms with van der Waals surface area (Å²) in [6.07, 6.45) is 2.60. The molecule has 0 saturated heterocycles. The number of anilines is 2. The molecule has 1 fully saturated rings. The highest BCUT2D eigenvalue weighted by molar-refractivity contribution is 5.92. The molecule has 0 heterocycles. The monoisotopic (exact) mass is 248 g/mol. The minimum atomic E-state index is -0.321. The summed E-state index contributed by atoms with van der Waals surface area (Å²) in [7, 11) is 1.39. The van der Waals surface area contributed by atoms with Gasteiger partial charge >= 0.3 is 5.97 Å². The van der Waals surface area contributed by atoms with Gasteiger partial charge in [-0.2, -0.15) is 0 Å². The fraction of sp³-hybridized carbons (Fsp3) is 0.500. The summed E-state index contributed by atoms with van der Waals surface area (Å²) in [5.41, 5.74) is 8.21. The average molecular weight is 248 g/mol. The van der Waals surface area contributed by atoms with Crippen molar-refractivity contribution in [2.45, 2.75) is 19.8 Å². The zero-order chi connectivity index (χ0) is 13.1. The highest BCUT2D eigenvalue weighted by Gasteiger charge is 2.25. The minimum Gasteiger partial charge on any atom is -0.465 e. The second-order valence-electron chi connectivity index (χ2n) is 4.75. The number of nitrogen functional groups attached to an aromatic ring is 1. The predicted molar refractivity (Wildman–Crippen MR) is 72.8 cm³/mol. The Hall–Kier alpha value is -1.71. The molecule has 0 atom stereocenters. The van der Waals surface area contributed by atoms with Crippen LogP contribution >= 0.6 is 0 Å². The SMILES string of the molecule is CCN(CC1CC1)c1cc(C(=O)OC)ccc1N. The van der Waals surface area contributed by atoms with Crippen molar-refractivity contribution in [3.05, 3.63) is 23.8 Å². The second kappa shape index (κ2) is 5.29. The summed E-state index contributed by atoms with van der Waals surface area (Å²) in [4.78, 5) is 13.8. The van der Waals surface area contributed by atoms with Crippen LogP contribution in [0.4, 0.5) is 11.4 Å². The van der Waals surface area contributed by atoms with Crippen LogP contribution in [0.25, 0.3) is 0 Å². The molecule has 1 aliphatic carbocycles. The van der Waals surface area contributed by atoms with Crippen molar-refractivity contribution >= 4 is 17.3 Å². The van der Waals surface area contributed by atoms with Gasteiger partial charge in [0, 0.05) is 13.1 Å². The molecule has 0 radical (unpaired) electrons. The molecule has 0 amide bonds. The molecule has 0 spiro atoms. The molecule has 1 aromatic carbocycles. The van der Waals surface area contributed by atoms with E-state index >= 15 is 0 Å². The molecule has 2 rings (SSSR count). The third-order valence-corrected chi connectivity index (χ3v) is 3.35. The van der Waals surface area contributed by atoms with E-state index in [0.717, 1.165) is 24.7 Å². The number of nitrogens with zero attached hydrogens (tertiary/aromatic N) is 1. The summed E-state index contributed by atoms with van der Waals surface area (Å²) in [6, 6.07) is 5.31. The molecule has 4 heteroatoms. The second-order valence-corrected chi connectivity index (χ2v) is 4.75. The van der Waals surface area contributed by atoms with Crippen LogP contribution in [-0.4, -0.2) is 26.2 Å². The van der Waals surface area contributed by atoms with Crippen LogP contribution in [-0.2, 0) is 4.74 Å². The van der Waals surface area contributed by atoms with Gasteiger partial charge in [-0.15, -0.1) is 0 Å². The van der Waals surface area contributed by atoms with E-state index < -0.39 is 0 Å². The maximum Gasteiger partial charge on any atom is 0.337 e. The Labute approximate surface area is 108 Å². The fourth-order valence-corrected chi connectivity index (χ4v) is 2.07. The Kier molecular flexibility index (Phi) is 3.75. The number of ether oxygens (including phenoxy) is 1. The number of carbonyl (C=O) groups is 1. The Balaban J connectivity index is 2.25. The lowest BCUT2D eigenvalue weighted by Gasteiger charge is -2.25. The quantitative estimate of drug-likeness (QED) is 0.641. The lowest BCUT2D eigenvalue weighted by molar-refractivity contribution is 0.0601. The Bertz CT molecular complexity index is 441. The average Bonchev–Trinajstić information content (AvgIpc) is 3.20. The summed E-state index contributed by atoms with van der Waals surface area (Å²) in [6.45, 7) is 4.02. The number of esters is 1. The molecule has 1 aliphatic rings. The van der Waals surface area contributed by atoms with Crippen molar-refractivity contribution in [2.75, 3.05) is 30.8 Å². The smallest absolute Gasteiger partial charge is 0.337 e. The van der Waals surface area contributed by atoms with E-state index in [0.29, 0.717) is 11.3 Å². The Morgan fingerprint density at radius 2 is 2.22 bits per heavy atom. The summed E-state index contributed by atoms with van der Waals surface area (Å²) >= 11 is 0. The van der Waals surface area contributed by atoms with E-state index in [1.807, 2.05) is 6.07 Å². The Morgan fingerprint density at radius 1 is 1.50 bits per heavy atom. The van der Waals surface area contributed by atoms with Crippen LogP contribution in [0.3, 0.4) is 0 Å². The fourth-order valence-electron chi connectivity index (χ4n) is 2.07. The van der Waals surface area contributed by atoms with Crippen molar-refractivity contribution in [1.29, 1.82) is 0 Å². The van der Waals surface area contributed by atoms with Gasteiger partial charge < -0.3 is 15.4 Å². The van der Waals surface area contributed by atoms with Gasteiger partial charge in [0.2, 0.25) is 0 Å². The molecule has 18 heavy (non-hydrogen) atoms. The first-order valence-corrected chi connectivity index (χ1v) is 6.38. The molecule has 2 N–H and O–H groups in total. The van der Waals surface area contributed by atoms with E-state index in [1.165, 1.54) is 20.0 Å². The zero-order valence-electron chi connectivity index (χ0n) is 11.0. The first kappa shape index (κ1) is 12.7. The molecule has 0 aliphatic heterocycles. The van der Waals surface area contributed by atoms with Crippen molar-refractivity contribution < 1.29 is 9.53 Å². The lowest BCUT2D eigenvalue weighted by atomic mass is 10.1. The maximum atomic E-state index is 11.5. The van der Waals surface area contributed by atoms with Crippen molar-refractivity contribution in [2.24, 2.45) is 5.92 Å². The van der Waals surface area contributed by atoms with Gasteiger partial charge in [0.1, 0.15) is 0 Å². The number of nitrogens with two attached hydrogens (primary N) is 1. The first-order valence-electron chi connectivity index (χ1n) is 6.38. The molecular weight excluding hydrogens is 228 g/mol. The van der Waals surface area contributed by atoms with Gasteiger partial charge in [-0.3, -0.25) is 0 Å². The number of rotatable bonds is 5. The van der Waals surface area contributed by atoms with Gasteiger partial charge in [-0.25, -0.2) is 4.79 Å². The van der Waals surface area contributed by atoms with Crippen molar-refractivity contribution in [3.63, 3.8) is 0 Å². The highest BCUT2D eigenvalue weighted by atomic mass is 16.5. The largest absolute Gasteiger partial charge is 0.465 e. The number of benzene rings is 1. The van der Waals surface area contributed by atoms with Crippen LogP contribution < -0.4 is 10.6 Å². The van der Waals surface area contributed by atoms with Gasteiger partial charge in [-0.05, 0) is 43.9 Å². The molecule has 0 bridgehead atoms. The molecule has 0 unspecified atom stereocenters. The van der Waals surface area contributed by atoms with Crippen LogP contribution in [0.5, 0.6) is 0 Å². The lowest BCUT2D eigenvalue weighted by Crippen LogP contribution is -2.26. The predicted octanol–water partition coefficient (Wildman–Crippen LogP) is 2.29. The van der Waals surface area contributed by atoms with Gasteiger partial charge in [0.15, 0.2) is 0 Å². The van der Waals surface area contributed by atoms with E-state index in [-0.39, 0.29) is 5.97 Å². The molecule has 1 aromatic rings. The number of carbonyl (C=O) groups excluding carboxylic acids is 1. The van der Waals surface area contributed by atoms with Crippen LogP contribution in [0.1, 0.15) is 30.1 Å². The summed E-state index contributed by atoms with van der Waals surface area (Å²) in [5.74, 6) is 0.463. The van der Waals surface area contributed by atoms with E-state index in [1.54, 1.807) is 12.1 Å². The highest BCUT2D eigenvalue weighted by Crippen LogP contribution is 2.33. The maximum absolute atomic E-state index is 11.5.